The van der Waals surface area contributed by atoms with Crippen molar-refractivity contribution in [2.45, 2.75) is 199 Å². The van der Waals surface area contributed by atoms with Crippen LogP contribution in [0.2, 0.25) is 0 Å². The zero-order valence-corrected chi connectivity index (χ0v) is 28.0. The van der Waals surface area contributed by atoms with Crippen molar-refractivity contribution in [3.63, 3.8) is 0 Å². The minimum absolute atomic E-state index is 0.141. The van der Waals surface area contributed by atoms with Crippen molar-refractivity contribution in [3.8, 4) is 0 Å². The number of rotatable bonds is 34. The van der Waals surface area contributed by atoms with Gasteiger partial charge in [0.25, 0.3) is 0 Å². The summed E-state index contributed by atoms with van der Waals surface area (Å²) in [6, 6.07) is 0. The molecule has 0 spiro atoms. The van der Waals surface area contributed by atoms with Crippen LogP contribution in [0.1, 0.15) is 193 Å². The van der Waals surface area contributed by atoms with Gasteiger partial charge in [0.15, 0.2) is 0 Å². The summed E-state index contributed by atoms with van der Waals surface area (Å²) in [6.07, 6.45) is 36.7. The van der Waals surface area contributed by atoms with Crippen LogP contribution in [0.4, 0.5) is 0 Å². The molecule has 1 unspecified atom stereocenters. The molecule has 0 amide bonds. The normalized spacial score (nSPS) is 11.7. The molecule has 0 radical (unpaired) electrons. The van der Waals surface area contributed by atoms with Gasteiger partial charge in [0.2, 0.25) is 0 Å². The van der Waals surface area contributed by atoms with Crippen LogP contribution >= 0.6 is 0 Å². The molecule has 4 nitrogen and oxygen atoms in total. The average molecular weight is 591 g/mol. The maximum absolute atomic E-state index is 12.5. The Kier molecular flexibility index (Phi) is 32.6. The van der Waals surface area contributed by atoms with Crippen LogP contribution < -0.4 is 0 Å². The van der Waals surface area contributed by atoms with E-state index in [1.54, 1.807) is 0 Å². The van der Waals surface area contributed by atoms with E-state index in [0.717, 1.165) is 57.8 Å². The molecule has 0 aliphatic rings. The smallest absolute Gasteiger partial charge is 0.306 e. The van der Waals surface area contributed by atoms with Gasteiger partial charge >= 0.3 is 11.9 Å². The number of carbonyl (C=O) groups excluding carboxylic acids is 2. The number of allylic oxidation sites excluding steroid dienone is 2. The van der Waals surface area contributed by atoms with Gasteiger partial charge in [-0.25, -0.2) is 0 Å². The van der Waals surface area contributed by atoms with Crippen molar-refractivity contribution in [1.82, 2.24) is 0 Å². The Morgan fingerprint density at radius 3 is 1.36 bits per heavy atom. The van der Waals surface area contributed by atoms with E-state index in [1.807, 2.05) is 12.2 Å². The van der Waals surface area contributed by atoms with E-state index in [2.05, 4.69) is 20.1 Å². The quantitative estimate of drug-likeness (QED) is 0.0425. The highest BCUT2D eigenvalue weighted by Gasteiger charge is 2.17. The molecular formula is C38H70O4. The molecule has 0 heterocycles. The van der Waals surface area contributed by atoms with Crippen LogP contribution in [0.3, 0.4) is 0 Å². The van der Waals surface area contributed by atoms with Crippen molar-refractivity contribution in [2.24, 2.45) is 0 Å². The van der Waals surface area contributed by atoms with Crippen molar-refractivity contribution in [3.05, 3.63) is 25.3 Å². The number of esters is 2. The second kappa shape index (κ2) is 33.9. The number of carbonyl (C=O) groups is 2. The summed E-state index contributed by atoms with van der Waals surface area (Å²) in [4.78, 5) is 24.9. The van der Waals surface area contributed by atoms with Gasteiger partial charge in [0.1, 0.15) is 12.7 Å². The van der Waals surface area contributed by atoms with Crippen LogP contribution in [-0.2, 0) is 19.1 Å². The van der Waals surface area contributed by atoms with E-state index in [9.17, 15) is 9.59 Å². The molecule has 1 atom stereocenters. The second-order valence-electron chi connectivity index (χ2n) is 12.4. The summed E-state index contributed by atoms with van der Waals surface area (Å²) in [7, 11) is 0. The van der Waals surface area contributed by atoms with Crippen molar-refractivity contribution >= 4 is 11.9 Å². The van der Waals surface area contributed by atoms with Gasteiger partial charge < -0.3 is 9.47 Å². The number of ether oxygens (including phenoxy) is 2. The highest BCUT2D eigenvalue weighted by atomic mass is 16.6. The third kappa shape index (κ3) is 31.4. The van der Waals surface area contributed by atoms with Gasteiger partial charge in [0, 0.05) is 12.8 Å². The van der Waals surface area contributed by atoms with E-state index in [4.69, 9.17) is 9.47 Å². The van der Waals surface area contributed by atoms with Gasteiger partial charge in [-0.1, -0.05) is 141 Å². The minimum Gasteiger partial charge on any atom is -0.462 e. The lowest BCUT2D eigenvalue weighted by Gasteiger charge is -2.18. The van der Waals surface area contributed by atoms with E-state index in [-0.39, 0.29) is 24.6 Å². The topological polar surface area (TPSA) is 52.6 Å². The minimum atomic E-state index is -0.312. The molecule has 0 saturated carbocycles. The molecule has 4 heteroatoms. The monoisotopic (exact) mass is 591 g/mol. The van der Waals surface area contributed by atoms with Gasteiger partial charge in [-0.15, -0.1) is 13.2 Å². The predicted molar refractivity (Wildman–Crippen MR) is 181 cm³/mol. The van der Waals surface area contributed by atoms with Crippen LogP contribution in [-0.4, -0.2) is 24.6 Å². The van der Waals surface area contributed by atoms with Crippen molar-refractivity contribution < 1.29 is 19.1 Å². The zero-order chi connectivity index (χ0) is 30.8. The Morgan fingerprint density at radius 2 is 0.905 bits per heavy atom. The molecule has 0 rings (SSSR count). The highest BCUT2D eigenvalue weighted by Crippen LogP contribution is 2.16. The van der Waals surface area contributed by atoms with E-state index < -0.39 is 0 Å². The molecule has 0 saturated heterocycles. The van der Waals surface area contributed by atoms with E-state index in [0.29, 0.717) is 12.8 Å². The lowest BCUT2D eigenvalue weighted by Crippen LogP contribution is -2.25. The van der Waals surface area contributed by atoms with E-state index in [1.165, 1.54) is 116 Å². The van der Waals surface area contributed by atoms with Crippen LogP contribution in [0.25, 0.3) is 0 Å². The molecule has 0 bridgehead atoms. The lowest BCUT2D eigenvalue weighted by atomic mass is 10.0. The first-order chi connectivity index (χ1) is 20.6. The summed E-state index contributed by atoms with van der Waals surface area (Å²) in [5, 5.41) is 0. The fourth-order valence-electron chi connectivity index (χ4n) is 5.42. The fourth-order valence-corrected chi connectivity index (χ4v) is 5.42. The Balaban J connectivity index is 4.20. The first-order valence-electron chi connectivity index (χ1n) is 18.2. The van der Waals surface area contributed by atoms with Gasteiger partial charge in [-0.2, -0.15) is 0 Å². The molecule has 0 aromatic rings. The molecule has 0 fully saturated rings. The molecule has 0 N–H and O–H groups in total. The van der Waals surface area contributed by atoms with Crippen molar-refractivity contribution in [1.29, 1.82) is 0 Å². The Bertz CT molecular complexity index is 614. The predicted octanol–water partition coefficient (Wildman–Crippen LogP) is 12.1. The lowest BCUT2D eigenvalue weighted by molar-refractivity contribution is -0.159. The fraction of sp³-hybridized carbons (Fsp3) is 0.842. The standard InChI is InChI=1S/C38H70O4/c1-4-7-10-13-16-19-20-21-22-23-26-29-32-36(42-38(40)34-31-28-25-18-15-12-9-6-3)35-41-37(39)33-30-27-24-17-14-11-8-5-2/h5-6,36H,2-4,7-35H2,1H3. The molecular weight excluding hydrogens is 520 g/mol. The number of hydrogen-bond acceptors (Lipinski definition) is 4. The van der Waals surface area contributed by atoms with Crippen LogP contribution in [0, 0.1) is 0 Å². The molecule has 0 aliphatic heterocycles. The Morgan fingerprint density at radius 1 is 0.524 bits per heavy atom. The first-order valence-corrected chi connectivity index (χ1v) is 18.2. The summed E-state index contributed by atoms with van der Waals surface area (Å²) in [5.74, 6) is -0.299. The summed E-state index contributed by atoms with van der Waals surface area (Å²) >= 11 is 0. The maximum Gasteiger partial charge on any atom is 0.306 e. The molecule has 0 aliphatic carbocycles. The molecule has 246 valence electrons. The third-order valence-corrected chi connectivity index (χ3v) is 8.19. The largest absolute Gasteiger partial charge is 0.462 e. The van der Waals surface area contributed by atoms with Gasteiger partial charge in [-0.05, 0) is 51.4 Å². The van der Waals surface area contributed by atoms with Crippen molar-refractivity contribution in [2.75, 3.05) is 6.61 Å². The average Bonchev–Trinajstić information content (AvgIpc) is 2.99. The highest BCUT2D eigenvalue weighted by molar-refractivity contribution is 5.70. The Labute approximate surface area is 261 Å². The Hall–Kier alpha value is -1.58. The van der Waals surface area contributed by atoms with E-state index >= 15 is 0 Å². The van der Waals surface area contributed by atoms with Crippen LogP contribution in [0.5, 0.6) is 0 Å². The third-order valence-electron chi connectivity index (χ3n) is 8.19. The second-order valence-corrected chi connectivity index (χ2v) is 12.4. The van der Waals surface area contributed by atoms with Gasteiger partial charge in [0.05, 0.1) is 0 Å². The first kappa shape index (κ1) is 40.4. The number of unbranched alkanes of at least 4 members (excludes halogenated alkanes) is 23. The molecule has 42 heavy (non-hydrogen) atoms. The number of hydrogen-bond donors (Lipinski definition) is 0. The van der Waals surface area contributed by atoms with Crippen LogP contribution in [0.15, 0.2) is 25.3 Å². The summed E-state index contributed by atoms with van der Waals surface area (Å²) in [5.41, 5.74) is 0. The maximum atomic E-state index is 12.5. The zero-order valence-electron chi connectivity index (χ0n) is 28.0. The summed E-state index contributed by atoms with van der Waals surface area (Å²) in [6.45, 7) is 10.0. The summed E-state index contributed by atoms with van der Waals surface area (Å²) < 4.78 is 11.4. The van der Waals surface area contributed by atoms with Gasteiger partial charge in [-0.3, -0.25) is 9.59 Å². The molecule has 0 aromatic carbocycles. The SMILES string of the molecule is C=CCCCCCCCCC(=O)OCC(CCCCCCCCCCCCCC)OC(=O)CCCCCCCCC=C. The molecule has 0 aromatic heterocycles.